The number of Topliss-reactive ketones (excluding diaryl/α,β-unsaturated/α-hetero) is 1. The van der Waals surface area contributed by atoms with Gasteiger partial charge in [-0.25, -0.2) is 4.79 Å². The van der Waals surface area contributed by atoms with Gasteiger partial charge < -0.3 is 15.0 Å². The van der Waals surface area contributed by atoms with Crippen LogP contribution in [0.5, 0.6) is 0 Å². The topological polar surface area (TPSA) is 88.3 Å². The van der Waals surface area contributed by atoms with E-state index >= 15 is 0 Å². The van der Waals surface area contributed by atoms with Crippen molar-refractivity contribution in [3.63, 3.8) is 0 Å². The highest BCUT2D eigenvalue weighted by Gasteiger charge is 2.25. The highest BCUT2D eigenvalue weighted by molar-refractivity contribution is 9.10. The van der Waals surface area contributed by atoms with Crippen LogP contribution in [0.2, 0.25) is 0 Å². The molecule has 0 aliphatic carbocycles. The van der Waals surface area contributed by atoms with Gasteiger partial charge in [-0.05, 0) is 48.0 Å². The summed E-state index contributed by atoms with van der Waals surface area (Å²) in [4.78, 5) is 41.5. The van der Waals surface area contributed by atoms with Crippen molar-refractivity contribution in [3.05, 3.63) is 105 Å². The van der Waals surface area contributed by atoms with E-state index in [-0.39, 0.29) is 12.2 Å². The molecule has 0 unspecified atom stereocenters. The number of fused-ring (bicyclic) bond motifs is 1. The third-order valence-electron chi connectivity index (χ3n) is 5.31. The lowest BCUT2D eigenvalue weighted by Crippen LogP contribution is -2.43. The van der Waals surface area contributed by atoms with Crippen LogP contribution in [-0.4, -0.2) is 35.3 Å². The Kier molecular flexibility index (Phi) is 7.59. The standard InChI is InChI=1S/C26H20Br2N2O4/c27-19-9-5-16(6-10-19)24(31)15-34-26(33)23(30-25(32)17-7-11-20(28)12-8-17)13-18-14-29-22-4-2-1-3-21(18)22/h1-12,14,23,29H,13,15H2,(H,30,32)/t23-/m0/s1. The number of ketones is 1. The summed E-state index contributed by atoms with van der Waals surface area (Å²) < 4.78 is 7.02. The van der Waals surface area contributed by atoms with Crippen LogP contribution in [-0.2, 0) is 16.0 Å². The number of esters is 1. The largest absolute Gasteiger partial charge is 0.456 e. The zero-order chi connectivity index (χ0) is 24.1. The lowest BCUT2D eigenvalue weighted by Gasteiger charge is -2.18. The molecule has 6 nitrogen and oxygen atoms in total. The first kappa shape index (κ1) is 23.9. The molecule has 0 saturated heterocycles. The van der Waals surface area contributed by atoms with Gasteiger partial charge in [0.05, 0.1) is 0 Å². The van der Waals surface area contributed by atoms with E-state index in [1.165, 1.54) is 0 Å². The number of benzene rings is 3. The fraction of sp³-hybridized carbons (Fsp3) is 0.115. The van der Waals surface area contributed by atoms with Gasteiger partial charge in [-0.3, -0.25) is 9.59 Å². The molecule has 172 valence electrons. The third kappa shape index (κ3) is 5.81. The number of hydrogen-bond acceptors (Lipinski definition) is 4. The molecule has 1 heterocycles. The van der Waals surface area contributed by atoms with Crippen LogP contribution < -0.4 is 5.32 Å². The quantitative estimate of drug-likeness (QED) is 0.213. The second kappa shape index (κ2) is 10.8. The minimum absolute atomic E-state index is 0.206. The van der Waals surface area contributed by atoms with Crippen LogP contribution in [0, 0.1) is 0 Å². The molecule has 0 aliphatic rings. The van der Waals surface area contributed by atoms with E-state index < -0.39 is 24.5 Å². The van der Waals surface area contributed by atoms with Crippen LogP contribution >= 0.6 is 31.9 Å². The second-order valence-electron chi connectivity index (χ2n) is 7.63. The van der Waals surface area contributed by atoms with Crippen LogP contribution in [0.4, 0.5) is 0 Å². The van der Waals surface area contributed by atoms with Crippen molar-refractivity contribution in [2.45, 2.75) is 12.5 Å². The molecular formula is C26H20Br2N2O4. The number of carbonyl (C=O) groups excluding carboxylic acids is 3. The molecule has 4 aromatic rings. The Hall–Kier alpha value is -3.23. The van der Waals surface area contributed by atoms with E-state index in [4.69, 9.17) is 4.74 Å². The fourth-order valence-electron chi connectivity index (χ4n) is 3.51. The summed E-state index contributed by atoms with van der Waals surface area (Å²) in [5.41, 5.74) is 2.62. The number of hydrogen-bond donors (Lipinski definition) is 2. The summed E-state index contributed by atoms with van der Waals surface area (Å²) in [5.74, 6) is -1.42. The first-order valence-electron chi connectivity index (χ1n) is 10.5. The van der Waals surface area contributed by atoms with Gasteiger partial charge in [-0.15, -0.1) is 0 Å². The molecule has 4 rings (SSSR count). The maximum Gasteiger partial charge on any atom is 0.329 e. The van der Waals surface area contributed by atoms with Gasteiger partial charge in [0.2, 0.25) is 0 Å². The van der Waals surface area contributed by atoms with Gasteiger partial charge in [-0.2, -0.15) is 0 Å². The molecule has 0 aliphatic heterocycles. The Labute approximate surface area is 213 Å². The van der Waals surface area contributed by atoms with Gasteiger partial charge in [0, 0.05) is 43.6 Å². The number of halogens is 2. The summed E-state index contributed by atoms with van der Waals surface area (Å²) in [7, 11) is 0. The summed E-state index contributed by atoms with van der Waals surface area (Å²) in [6, 6.07) is 20.3. The Morgan fingerprint density at radius 1 is 0.853 bits per heavy atom. The van der Waals surface area contributed by atoms with Gasteiger partial charge in [-0.1, -0.05) is 62.2 Å². The van der Waals surface area contributed by atoms with Gasteiger partial charge in [0.15, 0.2) is 12.4 Å². The highest BCUT2D eigenvalue weighted by atomic mass is 79.9. The number of nitrogens with one attached hydrogen (secondary N) is 2. The zero-order valence-corrected chi connectivity index (χ0v) is 21.1. The minimum Gasteiger partial charge on any atom is -0.456 e. The second-order valence-corrected chi connectivity index (χ2v) is 9.47. The summed E-state index contributed by atoms with van der Waals surface area (Å²) >= 11 is 6.67. The summed E-state index contributed by atoms with van der Waals surface area (Å²) in [6.45, 7) is -0.418. The number of amides is 1. The minimum atomic E-state index is -0.979. The molecule has 0 bridgehead atoms. The van der Waals surface area contributed by atoms with Crippen LogP contribution in [0.3, 0.4) is 0 Å². The van der Waals surface area contributed by atoms with Crippen molar-refractivity contribution in [2.24, 2.45) is 0 Å². The zero-order valence-electron chi connectivity index (χ0n) is 17.9. The van der Waals surface area contributed by atoms with Crippen LogP contribution in [0.25, 0.3) is 10.9 Å². The average Bonchev–Trinajstić information content (AvgIpc) is 3.25. The molecule has 34 heavy (non-hydrogen) atoms. The lowest BCUT2D eigenvalue weighted by molar-refractivity contribution is -0.144. The van der Waals surface area contributed by atoms with E-state index in [2.05, 4.69) is 42.2 Å². The fourth-order valence-corrected chi connectivity index (χ4v) is 4.04. The maximum atomic E-state index is 13.0. The average molecular weight is 584 g/mol. The van der Waals surface area contributed by atoms with E-state index in [1.807, 2.05) is 30.5 Å². The number of ether oxygens (including phenoxy) is 1. The number of rotatable bonds is 8. The Morgan fingerprint density at radius 2 is 1.47 bits per heavy atom. The monoisotopic (exact) mass is 582 g/mol. The lowest BCUT2D eigenvalue weighted by atomic mass is 10.0. The number of aromatic amines is 1. The first-order chi connectivity index (χ1) is 16.4. The smallest absolute Gasteiger partial charge is 0.329 e. The molecule has 0 fully saturated rings. The number of H-pyrrole nitrogens is 1. The molecular weight excluding hydrogens is 564 g/mol. The van der Waals surface area contributed by atoms with Crippen LogP contribution in [0.1, 0.15) is 26.3 Å². The van der Waals surface area contributed by atoms with E-state index in [9.17, 15) is 14.4 Å². The van der Waals surface area contributed by atoms with E-state index in [0.29, 0.717) is 11.1 Å². The van der Waals surface area contributed by atoms with Crippen molar-refractivity contribution < 1.29 is 19.1 Å². The van der Waals surface area contributed by atoms with Crippen molar-refractivity contribution >= 4 is 60.4 Å². The first-order valence-corrected chi connectivity index (χ1v) is 12.1. The van der Waals surface area contributed by atoms with Crippen molar-refractivity contribution in [3.8, 4) is 0 Å². The summed E-state index contributed by atoms with van der Waals surface area (Å²) in [5, 5.41) is 3.71. The third-order valence-corrected chi connectivity index (χ3v) is 6.36. The molecule has 0 radical (unpaired) electrons. The Morgan fingerprint density at radius 3 is 2.15 bits per heavy atom. The molecule has 3 aromatic carbocycles. The molecule has 0 saturated carbocycles. The molecule has 8 heteroatoms. The van der Waals surface area contributed by atoms with Crippen molar-refractivity contribution in [1.82, 2.24) is 10.3 Å². The van der Waals surface area contributed by atoms with E-state index in [0.717, 1.165) is 25.4 Å². The molecule has 1 amide bonds. The van der Waals surface area contributed by atoms with Gasteiger partial charge in [0.25, 0.3) is 5.91 Å². The molecule has 2 N–H and O–H groups in total. The highest BCUT2D eigenvalue weighted by Crippen LogP contribution is 2.20. The molecule has 0 spiro atoms. The number of carbonyl (C=O) groups is 3. The van der Waals surface area contributed by atoms with Crippen LogP contribution in [0.15, 0.2) is 87.9 Å². The van der Waals surface area contributed by atoms with Crippen molar-refractivity contribution in [1.29, 1.82) is 0 Å². The predicted molar refractivity (Wildman–Crippen MR) is 137 cm³/mol. The molecule has 1 atom stereocenters. The Balaban J connectivity index is 1.51. The number of para-hydroxylation sites is 1. The SMILES string of the molecule is O=C(COC(=O)[C@H](Cc1c[nH]c2ccccc12)NC(=O)c1ccc(Br)cc1)c1ccc(Br)cc1. The maximum absolute atomic E-state index is 13.0. The van der Waals surface area contributed by atoms with E-state index in [1.54, 1.807) is 48.5 Å². The van der Waals surface area contributed by atoms with Gasteiger partial charge >= 0.3 is 5.97 Å². The molecule has 1 aromatic heterocycles. The summed E-state index contributed by atoms with van der Waals surface area (Å²) in [6.07, 6.45) is 2.02. The predicted octanol–water partition coefficient (Wildman–Crippen LogP) is 5.46. The Bertz CT molecular complexity index is 1330. The normalized spacial score (nSPS) is 11.7. The van der Waals surface area contributed by atoms with Crippen molar-refractivity contribution in [2.75, 3.05) is 6.61 Å². The van der Waals surface area contributed by atoms with Gasteiger partial charge in [0.1, 0.15) is 6.04 Å². The number of aromatic nitrogens is 1.